The van der Waals surface area contributed by atoms with E-state index in [2.05, 4.69) is 10.3 Å². The van der Waals surface area contributed by atoms with E-state index in [1.807, 2.05) is 22.2 Å². The van der Waals surface area contributed by atoms with Gasteiger partial charge in [-0.05, 0) is 12.8 Å². The van der Waals surface area contributed by atoms with E-state index in [9.17, 15) is 8.42 Å². The summed E-state index contributed by atoms with van der Waals surface area (Å²) in [4.78, 5) is 5.44. The average Bonchev–Trinajstić information content (AvgIpc) is 2.85. The van der Waals surface area contributed by atoms with Gasteiger partial charge in [0, 0.05) is 30.4 Å². The van der Waals surface area contributed by atoms with E-state index in [1.165, 1.54) is 0 Å². The first-order valence-corrected chi connectivity index (χ1v) is 8.67. The molecule has 1 fully saturated rings. The Morgan fingerprint density at radius 2 is 2.44 bits per heavy atom. The lowest BCUT2D eigenvalue weighted by Crippen LogP contribution is -2.39. The highest BCUT2D eigenvalue weighted by molar-refractivity contribution is 7.91. The molecule has 1 atom stereocenters. The molecule has 3 heterocycles. The molecule has 1 aliphatic heterocycles. The third-order valence-electron chi connectivity index (χ3n) is 3.18. The summed E-state index contributed by atoms with van der Waals surface area (Å²) in [5, 5.41) is 5.29. The molecule has 0 radical (unpaired) electrons. The minimum absolute atomic E-state index is 0.0727. The number of nitrogens with zero attached hydrogens (tertiary/aromatic N) is 2. The highest BCUT2D eigenvalue weighted by Crippen LogP contribution is 2.14. The molecule has 0 aliphatic carbocycles. The van der Waals surface area contributed by atoms with E-state index in [-0.39, 0.29) is 11.8 Å². The second-order valence-electron chi connectivity index (χ2n) is 4.66. The van der Waals surface area contributed by atoms with Crippen LogP contribution >= 0.6 is 11.3 Å². The fourth-order valence-corrected chi connectivity index (χ4v) is 4.68. The quantitative estimate of drug-likeness (QED) is 0.916. The van der Waals surface area contributed by atoms with Crippen molar-refractivity contribution >= 4 is 26.1 Å². The van der Waals surface area contributed by atoms with E-state index in [4.69, 9.17) is 0 Å². The zero-order valence-corrected chi connectivity index (χ0v) is 11.5. The Morgan fingerprint density at radius 1 is 1.56 bits per heavy atom. The SMILES string of the molecule is O=S1(=O)CCCC(NCc2cn3ccsc3n2)C1. The molecular weight excluding hydrogens is 270 g/mol. The number of hydrogen-bond donors (Lipinski definition) is 1. The molecule has 1 unspecified atom stereocenters. The van der Waals surface area contributed by atoms with Crippen molar-refractivity contribution in [3.63, 3.8) is 0 Å². The van der Waals surface area contributed by atoms with E-state index in [1.54, 1.807) is 11.3 Å². The summed E-state index contributed by atoms with van der Waals surface area (Å²) < 4.78 is 25.0. The van der Waals surface area contributed by atoms with Crippen LogP contribution in [0.4, 0.5) is 0 Å². The fraction of sp³-hybridized carbons (Fsp3) is 0.545. The van der Waals surface area contributed by atoms with Gasteiger partial charge in [-0.1, -0.05) is 0 Å². The van der Waals surface area contributed by atoms with Crippen LogP contribution < -0.4 is 5.32 Å². The summed E-state index contributed by atoms with van der Waals surface area (Å²) in [6, 6.07) is 0.0727. The number of sulfone groups is 1. The maximum absolute atomic E-state index is 11.5. The summed E-state index contributed by atoms with van der Waals surface area (Å²) in [7, 11) is -2.84. The number of aromatic nitrogens is 2. The maximum Gasteiger partial charge on any atom is 0.193 e. The van der Waals surface area contributed by atoms with Gasteiger partial charge < -0.3 is 5.32 Å². The molecule has 18 heavy (non-hydrogen) atoms. The van der Waals surface area contributed by atoms with Gasteiger partial charge in [-0.15, -0.1) is 11.3 Å². The van der Waals surface area contributed by atoms with Crippen molar-refractivity contribution in [1.29, 1.82) is 0 Å². The summed E-state index contributed by atoms with van der Waals surface area (Å²) in [6.07, 6.45) is 5.65. The summed E-state index contributed by atoms with van der Waals surface area (Å²) in [6.45, 7) is 0.634. The molecule has 1 saturated heterocycles. The number of nitrogens with one attached hydrogen (secondary N) is 1. The molecule has 2 aromatic rings. The molecule has 0 bridgehead atoms. The van der Waals surface area contributed by atoms with Gasteiger partial charge in [-0.3, -0.25) is 4.40 Å². The normalized spacial score (nSPS) is 23.4. The summed E-state index contributed by atoms with van der Waals surface area (Å²) in [5.41, 5.74) is 0.963. The van der Waals surface area contributed by atoms with Crippen LogP contribution in [0.25, 0.3) is 4.96 Å². The first kappa shape index (κ1) is 12.1. The zero-order valence-electron chi connectivity index (χ0n) is 9.87. The zero-order chi connectivity index (χ0) is 12.6. The van der Waals surface area contributed by atoms with Crippen LogP contribution in [0.2, 0.25) is 0 Å². The van der Waals surface area contributed by atoms with Crippen molar-refractivity contribution in [2.75, 3.05) is 11.5 Å². The van der Waals surface area contributed by atoms with Crippen molar-refractivity contribution in [3.05, 3.63) is 23.5 Å². The summed E-state index contributed by atoms with van der Waals surface area (Å²) in [5.74, 6) is 0.598. The van der Waals surface area contributed by atoms with Crippen LogP contribution in [-0.4, -0.2) is 35.4 Å². The van der Waals surface area contributed by atoms with Crippen LogP contribution in [0, 0.1) is 0 Å². The Labute approximate surface area is 110 Å². The van der Waals surface area contributed by atoms with Gasteiger partial charge in [0.1, 0.15) is 0 Å². The van der Waals surface area contributed by atoms with Gasteiger partial charge in [-0.25, -0.2) is 13.4 Å². The predicted octanol–water partition coefficient (Wildman–Crippen LogP) is 1.06. The Hall–Kier alpha value is -0.920. The van der Waals surface area contributed by atoms with Crippen molar-refractivity contribution in [3.8, 4) is 0 Å². The molecule has 1 aliphatic rings. The number of hydrogen-bond acceptors (Lipinski definition) is 5. The average molecular weight is 285 g/mol. The Kier molecular flexibility index (Phi) is 3.13. The van der Waals surface area contributed by atoms with E-state index in [0.29, 0.717) is 12.3 Å². The summed E-state index contributed by atoms with van der Waals surface area (Å²) >= 11 is 1.60. The van der Waals surface area contributed by atoms with Crippen molar-refractivity contribution < 1.29 is 8.42 Å². The van der Waals surface area contributed by atoms with Gasteiger partial charge >= 0.3 is 0 Å². The molecule has 0 amide bonds. The highest BCUT2D eigenvalue weighted by Gasteiger charge is 2.24. The third kappa shape index (κ3) is 2.57. The number of rotatable bonds is 3. The van der Waals surface area contributed by atoms with Crippen LogP contribution in [0.15, 0.2) is 17.8 Å². The molecule has 3 rings (SSSR count). The topological polar surface area (TPSA) is 63.5 Å². The first-order chi connectivity index (χ1) is 8.62. The molecule has 2 aromatic heterocycles. The molecule has 98 valence electrons. The van der Waals surface area contributed by atoms with Crippen LogP contribution in [-0.2, 0) is 16.4 Å². The lowest BCUT2D eigenvalue weighted by molar-refractivity contribution is 0.478. The minimum atomic E-state index is -2.84. The monoisotopic (exact) mass is 285 g/mol. The molecule has 0 saturated carbocycles. The van der Waals surface area contributed by atoms with Gasteiger partial charge in [0.25, 0.3) is 0 Å². The Bertz CT molecular complexity index is 616. The van der Waals surface area contributed by atoms with Gasteiger partial charge in [0.05, 0.1) is 17.2 Å². The van der Waals surface area contributed by atoms with Gasteiger partial charge in [0.2, 0.25) is 0 Å². The van der Waals surface area contributed by atoms with Gasteiger partial charge in [0.15, 0.2) is 14.8 Å². The fourth-order valence-electron chi connectivity index (χ4n) is 2.29. The number of imidazole rings is 1. The van der Waals surface area contributed by atoms with E-state index in [0.717, 1.165) is 23.5 Å². The number of thiazole rings is 1. The van der Waals surface area contributed by atoms with Crippen molar-refractivity contribution in [1.82, 2.24) is 14.7 Å². The molecule has 5 nitrogen and oxygen atoms in total. The van der Waals surface area contributed by atoms with Crippen LogP contribution in [0.3, 0.4) is 0 Å². The first-order valence-electron chi connectivity index (χ1n) is 5.97. The Balaban J connectivity index is 1.62. The van der Waals surface area contributed by atoms with Crippen molar-refractivity contribution in [2.45, 2.75) is 25.4 Å². The smallest absolute Gasteiger partial charge is 0.193 e. The lowest BCUT2D eigenvalue weighted by Gasteiger charge is -2.22. The second-order valence-corrected chi connectivity index (χ2v) is 7.76. The predicted molar refractivity (Wildman–Crippen MR) is 71.6 cm³/mol. The lowest BCUT2D eigenvalue weighted by atomic mass is 10.2. The van der Waals surface area contributed by atoms with Gasteiger partial charge in [-0.2, -0.15) is 0 Å². The van der Waals surface area contributed by atoms with E-state index >= 15 is 0 Å². The maximum atomic E-state index is 11.5. The Morgan fingerprint density at radius 3 is 3.22 bits per heavy atom. The third-order valence-corrected chi connectivity index (χ3v) is 5.77. The highest BCUT2D eigenvalue weighted by atomic mass is 32.2. The van der Waals surface area contributed by atoms with E-state index < -0.39 is 9.84 Å². The number of fused-ring (bicyclic) bond motifs is 1. The molecule has 7 heteroatoms. The minimum Gasteiger partial charge on any atom is -0.307 e. The standard InChI is InChI=1S/C11H15N3O2S2/c15-18(16)5-1-2-9(8-18)12-6-10-7-14-3-4-17-11(14)13-10/h3-4,7,9,12H,1-2,5-6,8H2. The van der Waals surface area contributed by atoms with Crippen LogP contribution in [0.1, 0.15) is 18.5 Å². The molecule has 0 spiro atoms. The van der Waals surface area contributed by atoms with Crippen molar-refractivity contribution in [2.24, 2.45) is 0 Å². The molecular formula is C11H15N3O2S2. The largest absolute Gasteiger partial charge is 0.307 e. The molecule has 1 N–H and O–H groups in total. The molecule has 0 aromatic carbocycles. The van der Waals surface area contributed by atoms with Crippen LogP contribution in [0.5, 0.6) is 0 Å². The second kappa shape index (κ2) is 4.64.